The van der Waals surface area contributed by atoms with Gasteiger partial charge in [-0.1, -0.05) is 25.5 Å². The first-order chi connectivity index (χ1) is 12.0. The molecule has 0 radical (unpaired) electrons. The molecule has 6 heteroatoms. The molecule has 2 aliphatic rings. The van der Waals surface area contributed by atoms with E-state index in [0.717, 1.165) is 25.9 Å². The van der Waals surface area contributed by atoms with Crippen LogP contribution in [0, 0.1) is 11.7 Å². The van der Waals surface area contributed by atoms with Gasteiger partial charge in [-0.15, -0.1) is 0 Å². The minimum atomic E-state index is -0.363. The monoisotopic (exact) mass is 347 g/mol. The van der Waals surface area contributed by atoms with Gasteiger partial charge in [-0.3, -0.25) is 9.59 Å². The molecule has 136 valence electrons. The van der Waals surface area contributed by atoms with Crippen molar-refractivity contribution in [2.24, 2.45) is 5.92 Å². The molecular formula is C19H26FN3O2. The summed E-state index contributed by atoms with van der Waals surface area (Å²) in [5.41, 5.74) is 0.357. The quantitative estimate of drug-likeness (QED) is 0.908. The summed E-state index contributed by atoms with van der Waals surface area (Å²) in [6.45, 7) is 5.71. The predicted molar refractivity (Wildman–Crippen MR) is 94.7 cm³/mol. The van der Waals surface area contributed by atoms with Gasteiger partial charge >= 0.3 is 0 Å². The summed E-state index contributed by atoms with van der Waals surface area (Å²) in [6, 6.07) is 6.35. The molecule has 5 nitrogen and oxygen atoms in total. The van der Waals surface area contributed by atoms with E-state index in [0.29, 0.717) is 24.6 Å². The maximum absolute atomic E-state index is 14.0. The van der Waals surface area contributed by atoms with Gasteiger partial charge in [-0.2, -0.15) is 0 Å². The summed E-state index contributed by atoms with van der Waals surface area (Å²) in [6.07, 6.45) is 2.48. The van der Waals surface area contributed by atoms with E-state index in [-0.39, 0.29) is 29.7 Å². The molecular weight excluding hydrogens is 321 g/mol. The Morgan fingerprint density at radius 1 is 1.28 bits per heavy atom. The lowest BCUT2D eigenvalue weighted by atomic mass is 9.89. The number of anilines is 1. The lowest BCUT2D eigenvalue weighted by Gasteiger charge is -2.39. The third-order valence-corrected chi connectivity index (χ3v) is 5.47. The van der Waals surface area contributed by atoms with E-state index < -0.39 is 0 Å². The van der Waals surface area contributed by atoms with Crippen molar-refractivity contribution in [3.8, 4) is 0 Å². The number of carbonyl (C=O) groups is 2. The molecule has 2 fully saturated rings. The van der Waals surface area contributed by atoms with E-state index in [1.54, 1.807) is 30.0 Å². The third-order valence-electron chi connectivity index (χ3n) is 5.47. The Morgan fingerprint density at radius 3 is 2.72 bits per heavy atom. The Bertz CT molecular complexity index is 651. The van der Waals surface area contributed by atoms with Crippen LogP contribution in [-0.2, 0) is 9.59 Å². The fourth-order valence-corrected chi connectivity index (χ4v) is 3.95. The highest BCUT2D eigenvalue weighted by Gasteiger charge is 2.37. The van der Waals surface area contributed by atoms with Gasteiger partial charge in [0.25, 0.3) is 0 Å². The molecule has 25 heavy (non-hydrogen) atoms. The number of hydrogen-bond donors (Lipinski definition) is 1. The fraction of sp³-hybridized carbons (Fsp3) is 0.579. The van der Waals surface area contributed by atoms with Crippen LogP contribution in [0.1, 0.15) is 33.1 Å². The minimum Gasteiger partial charge on any atom is -0.343 e. The molecule has 1 aromatic carbocycles. The van der Waals surface area contributed by atoms with E-state index in [1.165, 1.54) is 6.07 Å². The highest BCUT2D eigenvalue weighted by Crippen LogP contribution is 2.27. The lowest BCUT2D eigenvalue weighted by molar-refractivity contribution is -0.131. The van der Waals surface area contributed by atoms with Crippen molar-refractivity contribution in [1.29, 1.82) is 0 Å². The van der Waals surface area contributed by atoms with Crippen molar-refractivity contribution in [2.75, 3.05) is 24.5 Å². The average Bonchev–Trinajstić information content (AvgIpc) is 2.96. The number of nitrogens with zero attached hydrogens (tertiary/aromatic N) is 2. The summed E-state index contributed by atoms with van der Waals surface area (Å²) in [7, 11) is 0. The zero-order valence-corrected chi connectivity index (χ0v) is 14.9. The zero-order valence-electron chi connectivity index (χ0n) is 14.9. The molecule has 0 aliphatic carbocycles. The number of likely N-dealkylation sites (tertiary alicyclic amines) is 1. The maximum atomic E-state index is 14.0. The Balaban J connectivity index is 1.65. The molecule has 3 rings (SSSR count). The fourth-order valence-electron chi connectivity index (χ4n) is 3.95. The first kappa shape index (κ1) is 17.9. The van der Waals surface area contributed by atoms with Gasteiger partial charge in [0.2, 0.25) is 11.8 Å². The first-order valence-corrected chi connectivity index (χ1v) is 9.08. The number of piperidine rings is 1. The Morgan fingerprint density at radius 2 is 2.04 bits per heavy atom. The van der Waals surface area contributed by atoms with Crippen LogP contribution in [0.2, 0.25) is 0 Å². The van der Waals surface area contributed by atoms with Crippen LogP contribution in [0.25, 0.3) is 0 Å². The highest BCUT2D eigenvalue weighted by atomic mass is 19.1. The third kappa shape index (κ3) is 3.68. The lowest BCUT2D eigenvalue weighted by Crippen LogP contribution is -2.54. The summed E-state index contributed by atoms with van der Waals surface area (Å²) >= 11 is 0. The molecule has 1 aromatic rings. The van der Waals surface area contributed by atoms with Crippen LogP contribution in [-0.4, -0.2) is 48.4 Å². The Labute approximate surface area is 148 Å². The van der Waals surface area contributed by atoms with Gasteiger partial charge < -0.3 is 15.1 Å². The van der Waals surface area contributed by atoms with Crippen molar-refractivity contribution in [3.63, 3.8) is 0 Å². The number of nitrogens with one attached hydrogen (secondary N) is 1. The van der Waals surface area contributed by atoms with E-state index in [1.807, 2.05) is 4.90 Å². The number of carbonyl (C=O) groups excluding carboxylic acids is 2. The molecule has 0 unspecified atom stereocenters. The van der Waals surface area contributed by atoms with Gasteiger partial charge in [0.05, 0.1) is 11.7 Å². The minimum absolute atomic E-state index is 0.0612. The van der Waals surface area contributed by atoms with E-state index in [2.05, 4.69) is 12.2 Å². The normalized spacial score (nSPS) is 27.0. The standard InChI is InChI=1S/C19H26FN3O2/c1-3-14-12-22(13(2)24)10-8-16(14)21-17-9-11-23(19(17)25)18-7-5-4-6-15(18)20/h4-7,14,16-17,21H,3,8-12H2,1-2H3/t14-,16+,17+/m1/s1. The molecule has 0 saturated carbocycles. The first-order valence-electron chi connectivity index (χ1n) is 9.08. The van der Waals surface area contributed by atoms with Crippen LogP contribution in [0.3, 0.4) is 0 Å². The molecule has 2 saturated heterocycles. The molecule has 0 bridgehead atoms. The Kier molecular flexibility index (Phi) is 5.37. The second-order valence-electron chi connectivity index (χ2n) is 6.98. The second-order valence-corrected chi connectivity index (χ2v) is 6.98. The number of amides is 2. The van der Waals surface area contributed by atoms with Gasteiger partial charge in [0.15, 0.2) is 0 Å². The summed E-state index contributed by atoms with van der Waals surface area (Å²) in [5, 5.41) is 3.50. The van der Waals surface area contributed by atoms with Crippen LogP contribution >= 0.6 is 0 Å². The smallest absolute Gasteiger partial charge is 0.244 e. The van der Waals surface area contributed by atoms with Crippen molar-refractivity contribution in [2.45, 2.75) is 45.2 Å². The number of rotatable bonds is 4. The summed E-state index contributed by atoms with van der Waals surface area (Å²) in [5.74, 6) is 0.0270. The number of para-hydroxylation sites is 1. The highest BCUT2D eigenvalue weighted by molar-refractivity contribution is 5.99. The zero-order chi connectivity index (χ0) is 18.0. The van der Waals surface area contributed by atoms with Gasteiger partial charge in [0.1, 0.15) is 5.82 Å². The second kappa shape index (κ2) is 7.52. The average molecular weight is 347 g/mol. The molecule has 3 atom stereocenters. The summed E-state index contributed by atoms with van der Waals surface area (Å²) in [4.78, 5) is 27.8. The van der Waals surface area contributed by atoms with Crippen molar-refractivity contribution in [3.05, 3.63) is 30.1 Å². The molecule has 2 heterocycles. The number of hydrogen-bond acceptors (Lipinski definition) is 3. The number of benzene rings is 1. The SMILES string of the molecule is CC[C@@H]1CN(C(C)=O)CC[C@@H]1N[C@H]1CCN(c2ccccc2F)C1=O. The maximum Gasteiger partial charge on any atom is 0.244 e. The van der Waals surface area contributed by atoms with Gasteiger partial charge in [-0.25, -0.2) is 4.39 Å². The molecule has 1 N–H and O–H groups in total. The van der Waals surface area contributed by atoms with E-state index in [9.17, 15) is 14.0 Å². The van der Waals surface area contributed by atoms with Crippen LogP contribution in [0.4, 0.5) is 10.1 Å². The molecule has 0 spiro atoms. The molecule has 2 amide bonds. The van der Waals surface area contributed by atoms with Crippen LogP contribution in [0.5, 0.6) is 0 Å². The van der Waals surface area contributed by atoms with Gasteiger partial charge in [-0.05, 0) is 30.9 Å². The topological polar surface area (TPSA) is 52.7 Å². The van der Waals surface area contributed by atoms with E-state index >= 15 is 0 Å². The molecule has 0 aromatic heterocycles. The van der Waals surface area contributed by atoms with Gasteiger partial charge in [0, 0.05) is 32.6 Å². The Hall–Kier alpha value is -1.95. The van der Waals surface area contributed by atoms with Crippen LogP contribution < -0.4 is 10.2 Å². The van der Waals surface area contributed by atoms with E-state index in [4.69, 9.17) is 0 Å². The van der Waals surface area contributed by atoms with Crippen LogP contribution in [0.15, 0.2) is 24.3 Å². The predicted octanol–water partition coefficient (Wildman–Crippen LogP) is 2.17. The largest absolute Gasteiger partial charge is 0.343 e. The van der Waals surface area contributed by atoms with Crippen molar-refractivity contribution < 1.29 is 14.0 Å². The molecule has 2 aliphatic heterocycles. The summed E-state index contributed by atoms with van der Waals surface area (Å²) < 4.78 is 14.0. The number of halogens is 1. The van der Waals surface area contributed by atoms with Crippen molar-refractivity contribution >= 4 is 17.5 Å². The van der Waals surface area contributed by atoms with Crippen molar-refractivity contribution in [1.82, 2.24) is 10.2 Å².